The average Bonchev–Trinajstić information content (AvgIpc) is 2.59. The lowest BCUT2D eigenvalue weighted by atomic mass is 10.4. The average molecular weight is 281 g/mol. The smallest absolute Gasteiger partial charge is 0.261 e. The second-order valence-corrected chi connectivity index (χ2v) is 5.31. The van der Waals surface area contributed by atoms with E-state index in [9.17, 15) is 13.2 Å². The summed E-state index contributed by atoms with van der Waals surface area (Å²) in [5.41, 5.74) is 0. The molecule has 96 valence electrons. The number of amides is 1. The van der Waals surface area contributed by atoms with E-state index in [0.717, 1.165) is 0 Å². The number of hydrogen-bond donors (Lipinski definition) is 2. The minimum atomic E-state index is -3.77. The van der Waals surface area contributed by atoms with Crippen LogP contribution in [0.15, 0.2) is 11.4 Å². The molecular formula is C8H13ClN4O3S. The molecule has 17 heavy (non-hydrogen) atoms. The molecule has 1 heterocycles. The van der Waals surface area contributed by atoms with Crippen LogP contribution in [0.4, 0.5) is 0 Å². The van der Waals surface area contributed by atoms with Crippen LogP contribution in [0.1, 0.15) is 6.42 Å². The van der Waals surface area contributed by atoms with Gasteiger partial charge < -0.3 is 9.88 Å². The van der Waals surface area contributed by atoms with E-state index in [1.807, 2.05) is 0 Å². The zero-order chi connectivity index (χ0) is 13.1. The van der Waals surface area contributed by atoms with E-state index in [-0.39, 0.29) is 29.1 Å². The number of nitrogens with zero attached hydrogens (tertiary/aromatic N) is 2. The van der Waals surface area contributed by atoms with Gasteiger partial charge in [-0.15, -0.1) is 0 Å². The standard InChI is InChI=1S/C8H13ClN4O3S/c1-10-6(14)3-4-12-17(15,16)8-7(9)13(2)5-11-8/h5,12H,3-4H2,1-2H3,(H,10,14). The van der Waals surface area contributed by atoms with Gasteiger partial charge in [0.25, 0.3) is 10.0 Å². The van der Waals surface area contributed by atoms with Crippen molar-refractivity contribution >= 4 is 27.5 Å². The molecule has 1 rings (SSSR count). The Morgan fingerprint density at radius 2 is 2.24 bits per heavy atom. The van der Waals surface area contributed by atoms with Gasteiger partial charge >= 0.3 is 0 Å². The molecule has 0 saturated carbocycles. The van der Waals surface area contributed by atoms with Crippen molar-refractivity contribution in [1.29, 1.82) is 0 Å². The van der Waals surface area contributed by atoms with Gasteiger partial charge in [0.1, 0.15) is 5.15 Å². The number of nitrogens with one attached hydrogen (secondary N) is 2. The molecule has 0 radical (unpaired) electrons. The molecule has 0 bridgehead atoms. The Kier molecular flexibility index (Phi) is 4.49. The molecule has 2 N–H and O–H groups in total. The zero-order valence-corrected chi connectivity index (χ0v) is 11.0. The van der Waals surface area contributed by atoms with Crippen LogP contribution in [0.25, 0.3) is 0 Å². The Balaban J connectivity index is 2.70. The number of carbonyl (C=O) groups is 1. The monoisotopic (exact) mass is 280 g/mol. The van der Waals surface area contributed by atoms with E-state index >= 15 is 0 Å². The first kappa shape index (κ1) is 13.9. The van der Waals surface area contributed by atoms with Gasteiger partial charge in [0.05, 0.1) is 6.33 Å². The fourth-order valence-electron chi connectivity index (χ4n) is 1.07. The first-order valence-electron chi connectivity index (χ1n) is 4.75. The number of aryl methyl sites for hydroxylation is 1. The number of aromatic nitrogens is 2. The highest BCUT2D eigenvalue weighted by atomic mass is 35.5. The molecule has 0 aliphatic heterocycles. The quantitative estimate of drug-likeness (QED) is 0.760. The van der Waals surface area contributed by atoms with E-state index in [0.29, 0.717) is 0 Å². The van der Waals surface area contributed by atoms with Crippen molar-refractivity contribution in [2.24, 2.45) is 7.05 Å². The van der Waals surface area contributed by atoms with Crippen molar-refractivity contribution in [2.45, 2.75) is 11.4 Å². The van der Waals surface area contributed by atoms with Crippen LogP contribution in [0.3, 0.4) is 0 Å². The van der Waals surface area contributed by atoms with Crippen LogP contribution in [-0.4, -0.2) is 37.5 Å². The van der Waals surface area contributed by atoms with Crippen molar-refractivity contribution in [3.05, 3.63) is 11.5 Å². The second kappa shape index (κ2) is 5.48. The van der Waals surface area contributed by atoms with E-state index < -0.39 is 10.0 Å². The molecule has 9 heteroatoms. The second-order valence-electron chi connectivity index (χ2n) is 3.27. The minimum Gasteiger partial charge on any atom is -0.359 e. The predicted octanol–water partition coefficient (Wildman–Crippen LogP) is -0.512. The molecule has 0 aromatic carbocycles. The highest BCUT2D eigenvalue weighted by Gasteiger charge is 2.21. The molecule has 1 amide bonds. The molecule has 0 aliphatic rings. The van der Waals surface area contributed by atoms with E-state index in [2.05, 4.69) is 15.0 Å². The van der Waals surface area contributed by atoms with Gasteiger partial charge in [-0.3, -0.25) is 4.79 Å². The predicted molar refractivity (Wildman–Crippen MR) is 62.1 cm³/mol. The normalized spacial score (nSPS) is 11.5. The third-order valence-corrected chi connectivity index (χ3v) is 3.96. The zero-order valence-electron chi connectivity index (χ0n) is 9.40. The van der Waals surface area contributed by atoms with Crippen molar-refractivity contribution in [3.8, 4) is 0 Å². The third-order valence-electron chi connectivity index (χ3n) is 2.01. The number of sulfonamides is 1. The summed E-state index contributed by atoms with van der Waals surface area (Å²) in [6.07, 6.45) is 1.36. The number of hydrogen-bond acceptors (Lipinski definition) is 4. The molecule has 1 aromatic heterocycles. The van der Waals surface area contributed by atoms with Crippen LogP contribution in [0.2, 0.25) is 5.15 Å². The summed E-state index contributed by atoms with van der Waals surface area (Å²) >= 11 is 5.76. The molecule has 1 aromatic rings. The molecule has 0 saturated heterocycles. The van der Waals surface area contributed by atoms with E-state index in [4.69, 9.17) is 11.6 Å². The Labute approximate surface area is 104 Å². The van der Waals surface area contributed by atoms with Gasteiger partial charge in [0, 0.05) is 27.1 Å². The highest BCUT2D eigenvalue weighted by Crippen LogP contribution is 2.17. The molecule has 7 nitrogen and oxygen atoms in total. The van der Waals surface area contributed by atoms with Gasteiger partial charge in [-0.05, 0) is 0 Å². The molecule has 0 unspecified atom stereocenters. The Bertz CT molecular complexity index is 511. The summed E-state index contributed by atoms with van der Waals surface area (Å²) in [4.78, 5) is 14.6. The molecule has 0 aliphatic carbocycles. The minimum absolute atomic E-state index is 0.00505. The van der Waals surface area contributed by atoms with Crippen LogP contribution in [0, 0.1) is 0 Å². The fraction of sp³-hybridized carbons (Fsp3) is 0.500. The van der Waals surface area contributed by atoms with Crippen LogP contribution in [0.5, 0.6) is 0 Å². The summed E-state index contributed by atoms with van der Waals surface area (Å²) in [7, 11) is -0.707. The van der Waals surface area contributed by atoms with Crippen molar-refractivity contribution < 1.29 is 13.2 Å². The van der Waals surface area contributed by atoms with Gasteiger partial charge in [0.2, 0.25) is 10.9 Å². The number of halogens is 1. The summed E-state index contributed by atoms with van der Waals surface area (Å²) in [6, 6.07) is 0. The maximum absolute atomic E-state index is 11.7. The highest BCUT2D eigenvalue weighted by molar-refractivity contribution is 7.89. The SMILES string of the molecule is CNC(=O)CCNS(=O)(=O)c1ncn(C)c1Cl. The van der Waals surface area contributed by atoms with Crippen LogP contribution < -0.4 is 10.0 Å². The topological polar surface area (TPSA) is 93.1 Å². The van der Waals surface area contributed by atoms with Gasteiger partial charge in [-0.1, -0.05) is 11.6 Å². The Morgan fingerprint density at radius 1 is 1.59 bits per heavy atom. The maximum Gasteiger partial charge on any atom is 0.261 e. The lowest BCUT2D eigenvalue weighted by Gasteiger charge is -2.04. The lowest BCUT2D eigenvalue weighted by molar-refractivity contribution is -0.120. The van der Waals surface area contributed by atoms with Crippen LogP contribution >= 0.6 is 11.6 Å². The summed E-state index contributed by atoms with van der Waals surface area (Å²) < 4.78 is 27.1. The Morgan fingerprint density at radius 3 is 2.71 bits per heavy atom. The summed E-state index contributed by atoms with van der Waals surface area (Å²) in [5.74, 6) is -0.250. The van der Waals surface area contributed by atoms with Crippen molar-refractivity contribution in [1.82, 2.24) is 19.6 Å². The molecular weight excluding hydrogens is 268 g/mol. The number of imidazole rings is 1. The van der Waals surface area contributed by atoms with Crippen LogP contribution in [-0.2, 0) is 21.9 Å². The number of rotatable bonds is 5. The third kappa shape index (κ3) is 3.42. The first-order valence-corrected chi connectivity index (χ1v) is 6.61. The molecule has 0 spiro atoms. The van der Waals surface area contributed by atoms with Gasteiger partial charge in [-0.2, -0.15) is 0 Å². The first-order chi connectivity index (χ1) is 7.88. The largest absolute Gasteiger partial charge is 0.359 e. The lowest BCUT2D eigenvalue weighted by Crippen LogP contribution is -2.29. The summed E-state index contributed by atoms with van der Waals surface area (Å²) in [5, 5.41) is 2.17. The molecule has 0 atom stereocenters. The maximum atomic E-state index is 11.7. The van der Waals surface area contributed by atoms with Crippen molar-refractivity contribution in [2.75, 3.05) is 13.6 Å². The fourth-order valence-corrected chi connectivity index (χ4v) is 2.52. The summed E-state index contributed by atoms with van der Waals surface area (Å²) in [6.45, 7) is -0.00505. The van der Waals surface area contributed by atoms with Crippen molar-refractivity contribution in [3.63, 3.8) is 0 Å². The molecule has 0 fully saturated rings. The van der Waals surface area contributed by atoms with E-state index in [1.165, 1.54) is 17.9 Å². The van der Waals surface area contributed by atoms with E-state index in [1.54, 1.807) is 7.05 Å². The number of carbonyl (C=O) groups excluding carboxylic acids is 1. The van der Waals surface area contributed by atoms with Gasteiger partial charge in [-0.25, -0.2) is 18.1 Å². The Hall–Kier alpha value is -1.12. The van der Waals surface area contributed by atoms with Gasteiger partial charge in [0.15, 0.2) is 0 Å².